The summed E-state index contributed by atoms with van der Waals surface area (Å²) in [5, 5.41) is 39.6. The third-order valence-electron chi connectivity index (χ3n) is 5.38. The topological polar surface area (TPSA) is 107 Å². The van der Waals surface area contributed by atoms with Crippen molar-refractivity contribution in [2.45, 2.75) is 32.0 Å². The van der Waals surface area contributed by atoms with Crippen LogP contribution in [0.15, 0.2) is 36.4 Å². The molecule has 144 valence electrons. The Balaban J connectivity index is 1.83. The van der Waals surface area contributed by atoms with E-state index in [9.17, 15) is 25.2 Å². The number of methoxy groups -OCH3 is 1. The molecule has 0 heterocycles. The molecule has 0 amide bonds. The number of aromatic hydroxyl groups is 2. The van der Waals surface area contributed by atoms with Gasteiger partial charge in [-0.2, -0.15) is 0 Å². The molecule has 4 N–H and O–H groups in total. The largest absolute Gasteiger partial charge is 0.508 e. The Hall–Kier alpha value is -2.57. The maximum atomic E-state index is 12.4. The number of carbonyl (C=O) groups is 1. The maximum absolute atomic E-state index is 12.4. The second kappa shape index (κ2) is 7.98. The zero-order chi connectivity index (χ0) is 19.6. The minimum atomic E-state index is -0.856. The molecule has 2 aromatic carbocycles. The van der Waals surface area contributed by atoms with Gasteiger partial charge in [0.15, 0.2) is 11.5 Å². The van der Waals surface area contributed by atoms with Crippen LogP contribution in [0.25, 0.3) is 0 Å². The Labute approximate surface area is 157 Å². The number of hydrogen-bond acceptors (Lipinski definition) is 6. The highest BCUT2D eigenvalue weighted by Crippen LogP contribution is 2.42. The normalized spacial score (nSPS) is 20.6. The fraction of sp³-hybridized carbons (Fsp3) is 0.381. The summed E-state index contributed by atoms with van der Waals surface area (Å²) in [5.74, 6) is -0.212. The molecular formula is C21H24O6. The summed E-state index contributed by atoms with van der Waals surface area (Å²) in [6.45, 7) is -0.280. The number of benzene rings is 2. The molecule has 0 unspecified atom stereocenters. The van der Waals surface area contributed by atoms with Gasteiger partial charge in [0.05, 0.1) is 19.8 Å². The monoisotopic (exact) mass is 372 g/mol. The molecule has 0 aliphatic heterocycles. The summed E-state index contributed by atoms with van der Waals surface area (Å²) in [5.41, 5.74) is 1.84. The predicted molar refractivity (Wildman–Crippen MR) is 98.6 cm³/mol. The number of aliphatic hydroxyl groups excluding tert-OH is 2. The Morgan fingerprint density at radius 1 is 1.15 bits per heavy atom. The quantitative estimate of drug-likeness (QED) is 0.621. The van der Waals surface area contributed by atoms with Crippen LogP contribution in [0.2, 0.25) is 0 Å². The Kier molecular flexibility index (Phi) is 5.68. The van der Waals surface area contributed by atoms with Crippen LogP contribution in [0.4, 0.5) is 0 Å². The van der Waals surface area contributed by atoms with Crippen molar-refractivity contribution in [3.63, 3.8) is 0 Å². The van der Waals surface area contributed by atoms with E-state index in [4.69, 9.17) is 4.74 Å². The lowest BCUT2D eigenvalue weighted by Crippen LogP contribution is -2.23. The zero-order valence-electron chi connectivity index (χ0n) is 15.1. The first-order valence-electron chi connectivity index (χ1n) is 8.94. The molecule has 0 spiro atoms. The Bertz CT molecular complexity index is 831. The number of rotatable bonds is 6. The SMILES string of the molecule is COc1cc([C@@H](O)[C@H]2CCC(=O)[C@@H]2Cc2ccc(O)c(CO)c2)ccc1O. The number of carbonyl (C=O) groups excluding carboxylic acids is 1. The number of aliphatic hydroxyl groups is 2. The maximum Gasteiger partial charge on any atom is 0.160 e. The molecule has 1 aliphatic rings. The average Bonchev–Trinajstić information content (AvgIpc) is 3.03. The lowest BCUT2D eigenvalue weighted by Gasteiger charge is -2.25. The Morgan fingerprint density at radius 3 is 2.59 bits per heavy atom. The highest BCUT2D eigenvalue weighted by molar-refractivity contribution is 5.83. The molecule has 0 saturated heterocycles. The molecule has 1 saturated carbocycles. The average molecular weight is 372 g/mol. The fourth-order valence-electron chi connectivity index (χ4n) is 3.85. The summed E-state index contributed by atoms with van der Waals surface area (Å²) in [7, 11) is 1.44. The third-order valence-corrected chi connectivity index (χ3v) is 5.38. The fourth-order valence-corrected chi connectivity index (χ4v) is 3.85. The van der Waals surface area contributed by atoms with Gasteiger partial charge in [-0.05, 0) is 54.2 Å². The van der Waals surface area contributed by atoms with Crippen LogP contribution in [-0.2, 0) is 17.8 Å². The van der Waals surface area contributed by atoms with E-state index in [0.717, 1.165) is 5.56 Å². The van der Waals surface area contributed by atoms with Gasteiger partial charge < -0.3 is 25.2 Å². The molecule has 0 bridgehead atoms. The van der Waals surface area contributed by atoms with Crippen molar-refractivity contribution in [2.24, 2.45) is 11.8 Å². The molecular weight excluding hydrogens is 348 g/mol. The number of phenolic OH excluding ortho intramolecular Hbond substituents is 1. The van der Waals surface area contributed by atoms with Gasteiger partial charge in [0.25, 0.3) is 0 Å². The van der Waals surface area contributed by atoms with Gasteiger partial charge in [0.1, 0.15) is 11.5 Å². The van der Waals surface area contributed by atoms with E-state index in [2.05, 4.69) is 0 Å². The highest BCUT2D eigenvalue weighted by atomic mass is 16.5. The van der Waals surface area contributed by atoms with Crippen molar-refractivity contribution >= 4 is 5.78 Å². The minimum Gasteiger partial charge on any atom is -0.508 e. The molecule has 3 rings (SSSR count). The lowest BCUT2D eigenvalue weighted by atomic mass is 9.82. The molecule has 2 aromatic rings. The number of phenols is 2. The van der Waals surface area contributed by atoms with Crippen LogP contribution in [0.3, 0.4) is 0 Å². The van der Waals surface area contributed by atoms with Crippen molar-refractivity contribution in [3.05, 3.63) is 53.1 Å². The number of Topliss-reactive ketones (excluding diaryl/α,β-unsaturated/α-hetero) is 1. The first-order chi connectivity index (χ1) is 12.9. The van der Waals surface area contributed by atoms with E-state index >= 15 is 0 Å². The van der Waals surface area contributed by atoms with Crippen LogP contribution >= 0.6 is 0 Å². The molecule has 27 heavy (non-hydrogen) atoms. The minimum absolute atomic E-state index is 0.00637. The van der Waals surface area contributed by atoms with E-state index < -0.39 is 6.10 Å². The second-order valence-electron chi connectivity index (χ2n) is 6.98. The number of ketones is 1. The van der Waals surface area contributed by atoms with Crippen LogP contribution in [0.1, 0.15) is 35.6 Å². The molecule has 1 aliphatic carbocycles. The van der Waals surface area contributed by atoms with E-state index in [0.29, 0.717) is 30.4 Å². The van der Waals surface area contributed by atoms with E-state index in [1.165, 1.54) is 19.2 Å². The van der Waals surface area contributed by atoms with E-state index in [1.54, 1.807) is 24.3 Å². The van der Waals surface area contributed by atoms with Crippen LogP contribution in [-0.4, -0.2) is 33.3 Å². The van der Waals surface area contributed by atoms with E-state index in [1.807, 2.05) is 0 Å². The van der Waals surface area contributed by atoms with Crippen molar-refractivity contribution < 1.29 is 30.0 Å². The van der Waals surface area contributed by atoms with Gasteiger partial charge in [-0.25, -0.2) is 0 Å². The van der Waals surface area contributed by atoms with Gasteiger partial charge in [-0.15, -0.1) is 0 Å². The van der Waals surface area contributed by atoms with Gasteiger partial charge in [-0.3, -0.25) is 4.79 Å². The van der Waals surface area contributed by atoms with Crippen molar-refractivity contribution in [2.75, 3.05) is 7.11 Å². The van der Waals surface area contributed by atoms with Gasteiger partial charge in [0, 0.05) is 17.9 Å². The summed E-state index contributed by atoms with van der Waals surface area (Å²) >= 11 is 0. The number of ether oxygens (including phenoxy) is 1. The highest BCUT2D eigenvalue weighted by Gasteiger charge is 2.39. The smallest absolute Gasteiger partial charge is 0.160 e. The van der Waals surface area contributed by atoms with Gasteiger partial charge >= 0.3 is 0 Å². The summed E-state index contributed by atoms with van der Waals surface area (Å²) < 4.78 is 5.10. The van der Waals surface area contributed by atoms with Crippen LogP contribution in [0, 0.1) is 11.8 Å². The zero-order valence-corrected chi connectivity index (χ0v) is 15.1. The van der Waals surface area contributed by atoms with Crippen molar-refractivity contribution in [1.29, 1.82) is 0 Å². The molecule has 6 heteroatoms. The number of hydrogen-bond donors (Lipinski definition) is 4. The first kappa shape index (κ1) is 19.2. The second-order valence-corrected chi connectivity index (χ2v) is 6.98. The van der Waals surface area contributed by atoms with Crippen molar-refractivity contribution in [1.82, 2.24) is 0 Å². The van der Waals surface area contributed by atoms with Crippen LogP contribution < -0.4 is 4.74 Å². The van der Waals surface area contributed by atoms with Crippen LogP contribution in [0.5, 0.6) is 17.2 Å². The predicted octanol–water partition coefficient (Wildman–Crippen LogP) is 2.47. The van der Waals surface area contributed by atoms with Gasteiger partial charge in [-0.1, -0.05) is 12.1 Å². The first-order valence-corrected chi connectivity index (χ1v) is 8.94. The lowest BCUT2D eigenvalue weighted by molar-refractivity contribution is -0.122. The molecule has 0 radical (unpaired) electrons. The molecule has 1 fully saturated rings. The van der Waals surface area contributed by atoms with Crippen molar-refractivity contribution in [3.8, 4) is 17.2 Å². The Morgan fingerprint density at radius 2 is 1.89 bits per heavy atom. The molecule has 0 aromatic heterocycles. The van der Waals surface area contributed by atoms with Gasteiger partial charge in [0.2, 0.25) is 0 Å². The summed E-state index contributed by atoms with van der Waals surface area (Å²) in [6, 6.07) is 9.62. The standard InChI is InChI=1S/C21H24O6/c1-27-20-10-13(3-6-19(20)25)21(26)15-4-7-18(24)16(15)9-12-2-5-17(23)14(8-12)11-22/h2-3,5-6,8,10,15-16,21-23,25-26H,4,7,9,11H2,1H3/t15-,16+,21+/m0/s1. The van der Waals surface area contributed by atoms with E-state index in [-0.39, 0.29) is 41.5 Å². The molecule has 3 atom stereocenters. The summed E-state index contributed by atoms with van der Waals surface area (Å²) in [6.07, 6.45) is 0.569. The molecule has 6 nitrogen and oxygen atoms in total. The summed E-state index contributed by atoms with van der Waals surface area (Å²) in [4.78, 5) is 12.4. The third kappa shape index (κ3) is 3.91.